The van der Waals surface area contributed by atoms with Crippen molar-refractivity contribution in [2.45, 2.75) is 0 Å². The van der Waals surface area contributed by atoms with Gasteiger partial charge in [-0.25, -0.2) is 5.48 Å². The monoisotopic (exact) mass is 293 g/mol. The number of nitrogens with zero attached hydrogens (tertiary/aromatic N) is 1. The molecule has 0 aliphatic carbocycles. The van der Waals surface area contributed by atoms with E-state index in [0.717, 1.165) is 32.8 Å². The molecule has 0 unspecified atom stereocenters. The first kappa shape index (κ1) is 15.4. The molecule has 0 aromatic heterocycles. The van der Waals surface area contributed by atoms with Gasteiger partial charge in [0.15, 0.2) is 0 Å². The van der Waals surface area contributed by atoms with Gasteiger partial charge in [0.05, 0.1) is 13.2 Å². The predicted octanol–water partition coefficient (Wildman–Crippen LogP) is -0.132. The number of carbonyl (C=O) groups excluding carboxylic acids is 2. The van der Waals surface area contributed by atoms with Crippen molar-refractivity contribution in [1.82, 2.24) is 15.7 Å². The van der Waals surface area contributed by atoms with Crippen molar-refractivity contribution in [3.63, 3.8) is 0 Å². The van der Waals surface area contributed by atoms with E-state index < -0.39 is 5.91 Å². The number of carbonyl (C=O) groups is 2. The molecule has 114 valence electrons. The number of hydrogen-bond donors (Lipinski definition) is 3. The first-order valence-corrected chi connectivity index (χ1v) is 6.83. The smallest absolute Gasteiger partial charge is 0.274 e. The standard InChI is InChI=1S/C14H19N3O4/c18-13(15-5-6-17-7-9-21-10-8-17)11-1-3-12(4-2-11)14(19)16-20/h1-4,20H,5-10H2,(H,15,18)(H,16,19). The average molecular weight is 293 g/mol. The maximum absolute atomic E-state index is 11.9. The van der Waals surface area contributed by atoms with Crippen LogP contribution >= 0.6 is 0 Å². The zero-order valence-electron chi connectivity index (χ0n) is 11.7. The van der Waals surface area contributed by atoms with E-state index in [1.54, 1.807) is 17.6 Å². The molecule has 7 heteroatoms. The molecule has 2 amide bonds. The Labute approximate surface area is 122 Å². The molecule has 2 rings (SSSR count). The van der Waals surface area contributed by atoms with Gasteiger partial charge in [-0.05, 0) is 24.3 Å². The van der Waals surface area contributed by atoms with E-state index in [1.165, 1.54) is 12.1 Å². The van der Waals surface area contributed by atoms with Gasteiger partial charge in [-0.15, -0.1) is 0 Å². The Morgan fingerprint density at radius 2 is 1.67 bits per heavy atom. The SMILES string of the molecule is O=C(NO)c1ccc(C(=O)NCCN2CCOCC2)cc1. The Hall–Kier alpha value is -1.96. The van der Waals surface area contributed by atoms with E-state index in [-0.39, 0.29) is 5.91 Å². The van der Waals surface area contributed by atoms with Gasteiger partial charge in [-0.1, -0.05) is 0 Å². The fourth-order valence-electron chi connectivity index (χ4n) is 2.09. The Balaban J connectivity index is 1.78. The first-order valence-electron chi connectivity index (χ1n) is 6.83. The highest BCUT2D eigenvalue weighted by Crippen LogP contribution is 2.04. The second kappa shape index (κ2) is 7.72. The van der Waals surface area contributed by atoms with Gasteiger partial charge in [0, 0.05) is 37.3 Å². The van der Waals surface area contributed by atoms with E-state index in [4.69, 9.17) is 9.94 Å². The summed E-state index contributed by atoms with van der Waals surface area (Å²) in [7, 11) is 0. The molecule has 21 heavy (non-hydrogen) atoms. The topological polar surface area (TPSA) is 90.9 Å². The van der Waals surface area contributed by atoms with E-state index >= 15 is 0 Å². The van der Waals surface area contributed by atoms with Crippen LogP contribution in [0.1, 0.15) is 20.7 Å². The van der Waals surface area contributed by atoms with E-state index in [0.29, 0.717) is 17.7 Å². The van der Waals surface area contributed by atoms with Crippen molar-refractivity contribution < 1.29 is 19.5 Å². The van der Waals surface area contributed by atoms with Crippen molar-refractivity contribution in [2.75, 3.05) is 39.4 Å². The molecule has 0 atom stereocenters. The minimum Gasteiger partial charge on any atom is -0.379 e. The molecule has 3 N–H and O–H groups in total. The molecule has 1 aliphatic rings. The number of rotatable bonds is 5. The molecule has 1 fully saturated rings. The van der Waals surface area contributed by atoms with Gasteiger partial charge in [-0.2, -0.15) is 0 Å². The molecule has 1 aromatic rings. The van der Waals surface area contributed by atoms with Crippen LogP contribution in [0.3, 0.4) is 0 Å². The molecule has 1 heterocycles. The fraction of sp³-hybridized carbons (Fsp3) is 0.429. The van der Waals surface area contributed by atoms with Gasteiger partial charge in [0.1, 0.15) is 0 Å². The van der Waals surface area contributed by atoms with Crippen LogP contribution in [0.25, 0.3) is 0 Å². The van der Waals surface area contributed by atoms with E-state index in [9.17, 15) is 9.59 Å². The lowest BCUT2D eigenvalue weighted by molar-refractivity contribution is 0.0383. The number of hydroxylamine groups is 1. The second-order valence-corrected chi connectivity index (χ2v) is 4.73. The maximum Gasteiger partial charge on any atom is 0.274 e. The highest BCUT2D eigenvalue weighted by atomic mass is 16.5. The van der Waals surface area contributed by atoms with Gasteiger partial charge in [-0.3, -0.25) is 19.7 Å². The summed E-state index contributed by atoms with van der Waals surface area (Å²) in [5, 5.41) is 11.4. The quantitative estimate of drug-likeness (QED) is 0.519. The van der Waals surface area contributed by atoms with Crippen LogP contribution in [-0.4, -0.2) is 61.3 Å². The number of hydrogen-bond acceptors (Lipinski definition) is 5. The lowest BCUT2D eigenvalue weighted by Crippen LogP contribution is -2.41. The second-order valence-electron chi connectivity index (χ2n) is 4.73. The number of amides is 2. The Morgan fingerprint density at radius 1 is 1.10 bits per heavy atom. The third-order valence-electron chi connectivity index (χ3n) is 3.33. The zero-order chi connectivity index (χ0) is 15.1. The Morgan fingerprint density at radius 3 is 2.24 bits per heavy atom. The summed E-state index contributed by atoms with van der Waals surface area (Å²) in [5.41, 5.74) is 2.32. The Bertz CT molecular complexity index is 483. The van der Waals surface area contributed by atoms with Crippen molar-refractivity contribution in [1.29, 1.82) is 0 Å². The number of benzene rings is 1. The minimum absolute atomic E-state index is 0.181. The molecular weight excluding hydrogens is 274 g/mol. The number of nitrogens with one attached hydrogen (secondary N) is 2. The van der Waals surface area contributed by atoms with Crippen molar-refractivity contribution in [3.8, 4) is 0 Å². The molecule has 1 aromatic carbocycles. The van der Waals surface area contributed by atoms with Crippen LogP contribution in [-0.2, 0) is 4.74 Å². The molecule has 7 nitrogen and oxygen atoms in total. The van der Waals surface area contributed by atoms with Crippen molar-refractivity contribution in [3.05, 3.63) is 35.4 Å². The summed E-state index contributed by atoms with van der Waals surface area (Å²) in [6.45, 7) is 4.62. The predicted molar refractivity (Wildman–Crippen MR) is 75.3 cm³/mol. The van der Waals surface area contributed by atoms with Crippen LogP contribution in [0, 0.1) is 0 Å². The summed E-state index contributed by atoms with van der Waals surface area (Å²) < 4.78 is 5.26. The summed E-state index contributed by atoms with van der Waals surface area (Å²) in [5.74, 6) is -0.784. The number of ether oxygens (including phenoxy) is 1. The third kappa shape index (κ3) is 4.52. The van der Waals surface area contributed by atoms with Crippen LogP contribution < -0.4 is 10.8 Å². The molecule has 0 bridgehead atoms. The van der Waals surface area contributed by atoms with Gasteiger partial charge < -0.3 is 10.1 Å². The van der Waals surface area contributed by atoms with Crippen LogP contribution in [0.4, 0.5) is 0 Å². The first-order chi connectivity index (χ1) is 10.2. The summed E-state index contributed by atoms with van der Waals surface area (Å²) in [6.07, 6.45) is 0. The van der Waals surface area contributed by atoms with E-state index in [1.807, 2.05) is 0 Å². The lowest BCUT2D eigenvalue weighted by atomic mass is 10.1. The van der Waals surface area contributed by atoms with Gasteiger partial charge in [0.25, 0.3) is 11.8 Å². The zero-order valence-corrected chi connectivity index (χ0v) is 11.7. The van der Waals surface area contributed by atoms with Crippen LogP contribution in [0.15, 0.2) is 24.3 Å². The minimum atomic E-state index is -0.603. The van der Waals surface area contributed by atoms with Gasteiger partial charge >= 0.3 is 0 Å². The lowest BCUT2D eigenvalue weighted by Gasteiger charge is -2.26. The van der Waals surface area contributed by atoms with Crippen LogP contribution in [0.5, 0.6) is 0 Å². The molecular formula is C14H19N3O4. The maximum atomic E-state index is 11.9. The van der Waals surface area contributed by atoms with E-state index in [2.05, 4.69) is 10.2 Å². The Kier molecular flexibility index (Phi) is 5.68. The summed E-state index contributed by atoms with van der Waals surface area (Å²) in [4.78, 5) is 25.3. The highest BCUT2D eigenvalue weighted by Gasteiger charge is 2.11. The van der Waals surface area contributed by atoms with Gasteiger partial charge in [0.2, 0.25) is 0 Å². The van der Waals surface area contributed by atoms with Crippen molar-refractivity contribution >= 4 is 11.8 Å². The molecule has 1 saturated heterocycles. The summed E-state index contributed by atoms with van der Waals surface area (Å²) in [6, 6.07) is 6.08. The molecule has 0 saturated carbocycles. The molecule has 0 spiro atoms. The third-order valence-corrected chi connectivity index (χ3v) is 3.33. The molecule has 1 aliphatic heterocycles. The average Bonchev–Trinajstić information content (AvgIpc) is 2.55. The fourth-order valence-corrected chi connectivity index (χ4v) is 2.09. The highest BCUT2D eigenvalue weighted by molar-refractivity contribution is 5.97. The van der Waals surface area contributed by atoms with Crippen molar-refractivity contribution in [2.24, 2.45) is 0 Å². The largest absolute Gasteiger partial charge is 0.379 e. The summed E-state index contributed by atoms with van der Waals surface area (Å²) >= 11 is 0. The molecule has 0 radical (unpaired) electrons. The number of morpholine rings is 1. The normalized spacial score (nSPS) is 15.5. The van der Waals surface area contributed by atoms with Crippen LogP contribution in [0.2, 0.25) is 0 Å².